The standard InChI is InChI=1S/C14H28N2O/c1-3-4-6-11(2)14(17)16-10-12-7-5-8-13(15)9-12/h11-13H,3-10,15H2,1-2H3,(H,16,17). The van der Waals surface area contributed by atoms with Crippen LogP contribution in [-0.2, 0) is 4.79 Å². The molecule has 1 rings (SSSR count). The fourth-order valence-corrected chi connectivity index (χ4v) is 2.58. The van der Waals surface area contributed by atoms with Crippen molar-refractivity contribution in [2.24, 2.45) is 17.6 Å². The molecule has 0 bridgehead atoms. The van der Waals surface area contributed by atoms with E-state index in [0.29, 0.717) is 12.0 Å². The lowest BCUT2D eigenvalue weighted by atomic mass is 9.86. The second-order valence-corrected chi connectivity index (χ2v) is 5.58. The molecule has 17 heavy (non-hydrogen) atoms. The van der Waals surface area contributed by atoms with E-state index in [-0.39, 0.29) is 11.8 Å². The number of rotatable bonds is 6. The number of carbonyl (C=O) groups excluding carboxylic acids is 1. The average molecular weight is 240 g/mol. The molecule has 3 heteroatoms. The van der Waals surface area contributed by atoms with E-state index in [1.165, 1.54) is 12.8 Å². The predicted molar refractivity (Wildman–Crippen MR) is 71.6 cm³/mol. The minimum absolute atomic E-state index is 0.159. The number of amides is 1. The summed E-state index contributed by atoms with van der Waals surface area (Å²) >= 11 is 0. The van der Waals surface area contributed by atoms with Gasteiger partial charge in [-0.2, -0.15) is 0 Å². The van der Waals surface area contributed by atoms with E-state index in [2.05, 4.69) is 12.2 Å². The molecule has 1 fully saturated rings. The summed E-state index contributed by atoms with van der Waals surface area (Å²) in [7, 11) is 0. The first-order chi connectivity index (χ1) is 8.13. The van der Waals surface area contributed by atoms with E-state index in [0.717, 1.165) is 38.6 Å². The molecule has 100 valence electrons. The summed E-state index contributed by atoms with van der Waals surface area (Å²) in [5, 5.41) is 3.09. The highest BCUT2D eigenvalue weighted by molar-refractivity contribution is 5.78. The second kappa shape index (κ2) is 7.70. The van der Waals surface area contributed by atoms with Gasteiger partial charge in [0.05, 0.1) is 0 Å². The second-order valence-electron chi connectivity index (χ2n) is 5.58. The molecule has 0 radical (unpaired) electrons. The van der Waals surface area contributed by atoms with Crippen molar-refractivity contribution in [2.75, 3.05) is 6.54 Å². The molecular weight excluding hydrogens is 212 g/mol. The van der Waals surface area contributed by atoms with Gasteiger partial charge in [0.2, 0.25) is 5.91 Å². The van der Waals surface area contributed by atoms with Crippen LogP contribution >= 0.6 is 0 Å². The maximum atomic E-state index is 11.8. The molecule has 3 atom stereocenters. The molecule has 0 aliphatic heterocycles. The van der Waals surface area contributed by atoms with Crippen molar-refractivity contribution >= 4 is 5.91 Å². The Morgan fingerprint density at radius 1 is 1.47 bits per heavy atom. The van der Waals surface area contributed by atoms with Gasteiger partial charge in [0, 0.05) is 18.5 Å². The zero-order chi connectivity index (χ0) is 12.7. The van der Waals surface area contributed by atoms with Crippen LogP contribution in [0.1, 0.15) is 58.8 Å². The van der Waals surface area contributed by atoms with Crippen molar-refractivity contribution in [3.05, 3.63) is 0 Å². The summed E-state index contributed by atoms with van der Waals surface area (Å²) in [5.41, 5.74) is 5.94. The van der Waals surface area contributed by atoms with Crippen LogP contribution in [0.25, 0.3) is 0 Å². The van der Waals surface area contributed by atoms with Gasteiger partial charge in [-0.05, 0) is 31.6 Å². The highest BCUT2D eigenvalue weighted by atomic mass is 16.1. The molecule has 0 heterocycles. The van der Waals surface area contributed by atoms with Gasteiger partial charge in [-0.15, -0.1) is 0 Å². The first kappa shape index (κ1) is 14.5. The minimum Gasteiger partial charge on any atom is -0.356 e. The van der Waals surface area contributed by atoms with E-state index < -0.39 is 0 Å². The van der Waals surface area contributed by atoms with Crippen LogP contribution in [0.4, 0.5) is 0 Å². The van der Waals surface area contributed by atoms with E-state index in [1.54, 1.807) is 0 Å². The third-order valence-electron chi connectivity index (χ3n) is 3.83. The van der Waals surface area contributed by atoms with Crippen LogP contribution in [0.2, 0.25) is 0 Å². The Bertz CT molecular complexity index is 230. The smallest absolute Gasteiger partial charge is 0.222 e. The number of hydrogen-bond donors (Lipinski definition) is 2. The Hall–Kier alpha value is -0.570. The van der Waals surface area contributed by atoms with Crippen molar-refractivity contribution in [1.82, 2.24) is 5.32 Å². The number of carbonyl (C=O) groups is 1. The van der Waals surface area contributed by atoms with Crippen LogP contribution in [-0.4, -0.2) is 18.5 Å². The highest BCUT2D eigenvalue weighted by Crippen LogP contribution is 2.22. The Morgan fingerprint density at radius 3 is 2.88 bits per heavy atom. The lowest BCUT2D eigenvalue weighted by Crippen LogP contribution is -2.37. The van der Waals surface area contributed by atoms with Crippen LogP contribution in [0.3, 0.4) is 0 Å². The van der Waals surface area contributed by atoms with Crippen LogP contribution in [0.15, 0.2) is 0 Å². The molecular formula is C14H28N2O. The summed E-state index contributed by atoms with van der Waals surface area (Å²) in [6, 6.07) is 0.350. The molecule has 1 amide bonds. The first-order valence-corrected chi connectivity index (χ1v) is 7.16. The molecule has 0 aromatic rings. The van der Waals surface area contributed by atoms with Crippen molar-refractivity contribution in [1.29, 1.82) is 0 Å². The van der Waals surface area contributed by atoms with Crippen molar-refractivity contribution in [2.45, 2.75) is 64.8 Å². The van der Waals surface area contributed by atoms with Crippen molar-refractivity contribution in [3.8, 4) is 0 Å². The maximum absolute atomic E-state index is 11.8. The van der Waals surface area contributed by atoms with Crippen molar-refractivity contribution < 1.29 is 4.79 Å². The Labute approximate surface area is 106 Å². The van der Waals surface area contributed by atoms with Gasteiger partial charge in [-0.3, -0.25) is 4.79 Å². The van der Waals surface area contributed by atoms with E-state index >= 15 is 0 Å². The summed E-state index contributed by atoms with van der Waals surface area (Å²) < 4.78 is 0. The van der Waals surface area contributed by atoms with E-state index in [9.17, 15) is 4.79 Å². The topological polar surface area (TPSA) is 55.1 Å². The monoisotopic (exact) mass is 240 g/mol. The fourth-order valence-electron chi connectivity index (χ4n) is 2.58. The Balaban J connectivity index is 2.18. The zero-order valence-electron chi connectivity index (χ0n) is 11.4. The molecule has 0 aromatic heterocycles. The fraction of sp³-hybridized carbons (Fsp3) is 0.929. The molecule has 1 aliphatic carbocycles. The van der Waals surface area contributed by atoms with Crippen LogP contribution < -0.4 is 11.1 Å². The minimum atomic E-state index is 0.159. The lowest BCUT2D eigenvalue weighted by molar-refractivity contribution is -0.124. The molecule has 0 saturated heterocycles. The Morgan fingerprint density at radius 2 is 2.24 bits per heavy atom. The van der Waals surface area contributed by atoms with E-state index in [4.69, 9.17) is 5.73 Å². The van der Waals surface area contributed by atoms with Gasteiger partial charge in [-0.1, -0.05) is 33.1 Å². The third kappa shape index (κ3) is 5.53. The van der Waals surface area contributed by atoms with Gasteiger partial charge in [0.25, 0.3) is 0 Å². The third-order valence-corrected chi connectivity index (χ3v) is 3.83. The van der Waals surface area contributed by atoms with Crippen LogP contribution in [0, 0.1) is 11.8 Å². The highest BCUT2D eigenvalue weighted by Gasteiger charge is 2.20. The normalized spacial score (nSPS) is 26.5. The zero-order valence-corrected chi connectivity index (χ0v) is 11.4. The molecule has 3 N–H and O–H groups in total. The first-order valence-electron chi connectivity index (χ1n) is 7.16. The van der Waals surface area contributed by atoms with Gasteiger partial charge in [0.1, 0.15) is 0 Å². The molecule has 0 aromatic carbocycles. The van der Waals surface area contributed by atoms with Gasteiger partial charge in [-0.25, -0.2) is 0 Å². The summed E-state index contributed by atoms with van der Waals surface area (Å²) in [6.07, 6.45) is 7.97. The number of nitrogens with one attached hydrogen (secondary N) is 1. The largest absolute Gasteiger partial charge is 0.356 e. The van der Waals surface area contributed by atoms with Crippen molar-refractivity contribution in [3.63, 3.8) is 0 Å². The molecule has 1 saturated carbocycles. The average Bonchev–Trinajstić information content (AvgIpc) is 2.33. The summed E-state index contributed by atoms with van der Waals surface area (Å²) in [4.78, 5) is 11.8. The number of hydrogen-bond acceptors (Lipinski definition) is 2. The van der Waals surface area contributed by atoms with E-state index in [1.807, 2.05) is 6.92 Å². The lowest BCUT2D eigenvalue weighted by Gasteiger charge is -2.27. The van der Waals surface area contributed by atoms with Gasteiger partial charge >= 0.3 is 0 Å². The van der Waals surface area contributed by atoms with Crippen LogP contribution in [0.5, 0.6) is 0 Å². The summed E-state index contributed by atoms with van der Waals surface area (Å²) in [5.74, 6) is 0.978. The Kier molecular flexibility index (Phi) is 6.56. The SMILES string of the molecule is CCCCC(C)C(=O)NCC1CCCC(N)C1. The predicted octanol–water partition coefficient (Wildman–Crippen LogP) is 2.45. The molecule has 1 aliphatic rings. The quantitative estimate of drug-likeness (QED) is 0.749. The summed E-state index contributed by atoms with van der Waals surface area (Å²) in [6.45, 7) is 5.01. The number of nitrogens with two attached hydrogens (primary N) is 1. The maximum Gasteiger partial charge on any atom is 0.222 e. The van der Waals surface area contributed by atoms with Gasteiger partial charge in [0.15, 0.2) is 0 Å². The van der Waals surface area contributed by atoms with Gasteiger partial charge < -0.3 is 11.1 Å². The molecule has 3 nitrogen and oxygen atoms in total. The molecule has 3 unspecified atom stereocenters. The number of unbranched alkanes of at least 4 members (excludes halogenated alkanes) is 1. The molecule has 0 spiro atoms.